The minimum atomic E-state index is 0.239. The molecule has 4 fully saturated rings. The number of benzene rings is 2. The number of hydrogen-bond donors (Lipinski definition) is 0. The Morgan fingerprint density at radius 3 is 1.34 bits per heavy atom. The van der Waals surface area contributed by atoms with Crippen LogP contribution in [0.1, 0.15) is 22.3 Å². The van der Waals surface area contributed by atoms with Crippen LogP contribution in [-0.2, 0) is 31.8 Å². The van der Waals surface area contributed by atoms with E-state index in [1.165, 1.54) is 33.4 Å². The normalized spacial score (nSPS) is 27.2. The molecule has 0 radical (unpaired) electrons. The molecular weight excluding hydrogens is 408 g/mol. The van der Waals surface area contributed by atoms with Gasteiger partial charge in [-0.25, -0.2) is 0 Å². The summed E-state index contributed by atoms with van der Waals surface area (Å²) < 4.78 is 34.0. The van der Waals surface area contributed by atoms with E-state index in [9.17, 15) is 0 Å². The lowest BCUT2D eigenvalue weighted by molar-refractivity contribution is 0.260. The summed E-state index contributed by atoms with van der Waals surface area (Å²) in [6.45, 7) is 8.87. The fourth-order valence-corrected chi connectivity index (χ4v) is 4.35. The van der Waals surface area contributed by atoms with Gasteiger partial charge in [-0.3, -0.25) is 0 Å². The third-order valence-corrected chi connectivity index (χ3v) is 6.72. The first-order valence-electron chi connectivity index (χ1n) is 11.6. The maximum absolute atomic E-state index is 6.13. The highest BCUT2D eigenvalue weighted by atomic mass is 16.6. The summed E-state index contributed by atoms with van der Waals surface area (Å²) in [6.07, 6.45) is 2.83. The van der Waals surface area contributed by atoms with Crippen LogP contribution >= 0.6 is 0 Å². The quantitative estimate of drug-likeness (QED) is 0.501. The summed E-state index contributed by atoms with van der Waals surface area (Å²) in [4.78, 5) is 0. The van der Waals surface area contributed by atoms with Crippen molar-refractivity contribution in [1.29, 1.82) is 0 Å². The van der Waals surface area contributed by atoms with Gasteiger partial charge < -0.3 is 28.4 Å². The number of hydrogen-bond acceptors (Lipinski definition) is 6. The average Bonchev–Trinajstić information content (AvgIpc) is 3.63. The van der Waals surface area contributed by atoms with Crippen LogP contribution in [0.2, 0.25) is 0 Å². The Morgan fingerprint density at radius 1 is 0.625 bits per heavy atom. The Balaban J connectivity index is 1.34. The van der Waals surface area contributed by atoms with Crippen molar-refractivity contribution in [2.75, 3.05) is 39.6 Å². The molecule has 32 heavy (non-hydrogen) atoms. The van der Waals surface area contributed by atoms with Crippen LogP contribution in [0.15, 0.2) is 24.3 Å². The second-order valence-corrected chi connectivity index (χ2v) is 9.28. The van der Waals surface area contributed by atoms with E-state index in [2.05, 4.69) is 38.1 Å². The first kappa shape index (κ1) is 20.5. The molecule has 4 unspecified atom stereocenters. The lowest BCUT2D eigenvalue weighted by Gasteiger charge is -2.20. The molecule has 2 aromatic rings. The van der Waals surface area contributed by atoms with Crippen molar-refractivity contribution in [2.24, 2.45) is 0 Å². The summed E-state index contributed by atoms with van der Waals surface area (Å²) in [5.74, 6) is 1.90. The first-order chi connectivity index (χ1) is 15.7. The van der Waals surface area contributed by atoms with E-state index in [4.69, 9.17) is 28.4 Å². The SMILES string of the molecule is Cc1c(-c2ccc(OCC3CO3)c(CC3CO3)c2C)ccc(OCC2CO2)c1CC1CO1. The molecule has 2 aromatic carbocycles. The fourth-order valence-electron chi connectivity index (χ4n) is 4.35. The van der Waals surface area contributed by atoms with Crippen LogP contribution in [-0.4, -0.2) is 64.1 Å². The van der Waals surface area contributed by atoms with Crippen LogP contribution in [0.5, 0.6) is 11.5 Å². The highest BCUT2D eigenvalue weighted by molar-refractivity contribution is 5.75. The summed E-state index contributed by atoms with van der Waals surface area (Å²) >= 11 is 0. The molecule has 0 aromatic heterocycles. The van der Waals surface area contributed by atoms with Gasteiger partial charge in [-0.1, -0.05) is 12.1 Å². The van der Waals surface area contributed by atoms with Gasteiger partial charge in [0.15, 0.2) is 0 Å². The number of ether oxygens (including phenoxy) is 6. The summed E-state index contributed by atoms with van der Waals surface area (Å²) in [5.41, 5.74) is 7.47. The first-order valence-corrected chi connectivity index (χ1v) is 11.6. The van der Waals surface area contributed by atoms with Crippen molar-refractivity contribution in [2.45, 2.75) is 51.1 Å². The molecular formula is C26H30O6. The summed E-state index contributed by atoms with van der Waals surface area (Å²) in [5, 5.41) is 0. The van der Waals surface area contributed by atoms with E-state index in [1.54, 1.807) is 0 Å². The van der Waals surface area contributed by atoms with E-state index < -0.39 is 0 Å². The second-order valence-electron chi connectivity index (χ2n) is 9.28. The van der Waals surface area contributed by atoms with E-state index >= 15 is 0 Å². The number of epoxide rings is 4. The Bertz CT molecular complexity index is 920. The van der Waals surface area contributed by atoms with Crippen molar-refractivity contribution >= 4 is 0 Å². The highest BCUT2D eigenvalue weighted by Gasteiger charge is 2.30. The zero-order valence-electron chi connectivity index (χ0n) is 18.7. The molecule has 0 N–H and O–H groups in total. The largest absolute Gasteiger partial charge is 0.490 e. The Labute approximate surface area is 188 Å². The molecule has 0 spiro atoms. The summed E-state index contributed by atoms with van der Waals surface area (Å²) in [7, 11) is 0. The van der Waals surface area contributed by atoms with E-state index in [0.717, 1.165) is 50.8 Å². The van der Waals surface area contributed by atoms with Gasteiger partial charge in [0.1, 0.15) is 36.9 Å². The maximum atomic E-state index is 6.13. The summed E-state index contributed by atoms with van der Waals surface area (Å²) in [6, 6.07) is 8.60. The molecule has 6 rings (SSSR count). The Kier molecular flexibility index (Phi) is 5.34. The van der Waals surface area contributed by atoms with Crippen molar-refractivity contribution in [3.8, 4) is 22.6 Å². The van der Waals surface area contributed by atoms with Gasteiger partial charge in [0.2, 0.25) is 0 Å². The topological polar surface area (TPSA) is 68.6 Å². The minimum Gasteiger partial charge on any atom is -0.490 e. The van der Waals surface area contributed by atoms with Gasteiger partial charge in [-0.15, -0.1) is 0 Å². The third kappa shape index (κ3) is 4.64. The van der Waals surface area contributed by atoms with Crippen LogP contribution < -0.4 is 9.47 Å². The standard InChI is InChI=1S/C26H30O6/c1-15-21(3-5-25(31-13-19-11-29-19)23(15)7-17-9-27-17)22-4-6-26(32-14-20-12-30-20)24(16(22)2)8-18-10-28-18/h3-6,17-20H,7-14H2,1-2H3. The van der Waals surface area contributed by atoms with Crippen molar-refractivity contribution < 1.29 is 28.4 Å². The zero-order valence-corrected chi connectivity index (χ0v) is 18.7. The molecule has 0 saturated carbocycles. The van der Waals surface area contributed by atoms with E-state index in [-0.39, 0.29) is 12.2 Å². The molecule has 4 saturated heterocycles. The van der Waals surface area contributed by atoms with Crippen molar-refractivity contribution in [3.05, 3.63) is 46.5 Å². The van der Waals surface area contributed by atoms with Crippen molar-refractivity contribution in [1.82, 2.24) is 0 Å². The maximum Gasteiger partial charge on any atom is 0.123 e. The van der Waals surface area contributed by atoms with Crippen LogP contribution in [0.25, 0.3) is 11.1 Å². The van der Waals surface area contributed by atoms with Crippen LogP contribution in [0.4, 0.5) is 0 Å². The van der Waals surface area contributed by atoms with Crippen LogP contribution in [0.3, 0.4) is 0 Å². The average molecular weight is 439 g/mol. The zero-order chi connectivity index (χ0) is 21.7. The third-order valence-electron chi connectivity index (χ3n) is 6.72. The van der Waals surface area contributed by atoms with Gasteiger partial charge in [0.05, 0.1) is 38.6 Å². The molecule has 6 nitrogen and oxygen atoms in total. The minimum absolute atomic E-state index is 0.239. The van der Waals surface area contributed by atoms with Crippen molar-refractivity contribution in [3.63, 3.8) is 0 Å². The smallest absolute Gasteiger partial charge is 0.123 e. The molecule has 4 atom stereocenters. The molecule has 170 valence electrons. The second kappa shape index (κ2) is 8.34. The predicted molar refractivity (Wildman–Crippen MR) is 119 cm³/mol. The van der Waals surface area contributed by atoms with Gasteiger partial charge in [-0.05, 0) is 48.2 Å². The lowest BCUT2D eigenvalue weighted by atomic mass is 9.88. The Hall–Kier alpha value is -2.12. The molecule has 0 amide bonds. The number of rotatable bonds is 11. The predicted octanol–water partition coefficient (Wildman–Crippen LogP) is 3.41. The lowest BCUT2D eigenvalue weighted by Crippen LogP contribution is -2.10. The molecule has 4 heterocycles. The highest BCUT2D eigenvalue weighted by Crippen LogP contribution is 2.39. The molecule has 4 aliphatic heterocycles. The monoisotopic (exact) mass is 438 g/mol. The van der Waals surface area contributed by atoms with Gasteiger partial charge >= 0.3 is 0 Å². The van der Waals surface area contributed by atoms with Gasteiger partial charge in [0, 0.05) is 24.0 Å². The fraction of sp³-hybridized carbons (Fsp3) is 0.538. The molecule has 4 aliphatic rings. The van der Waals surface area contributed by atoms with Gasteiger partial charge in [-0.2, -0.15) is 0 Å². The van der Waals surface area contributed by atoms with Gasteiger partial charge in [0.25, 0.3) is 0 Å². The van der Waals surface area contributed by atoms with E-state index in [1.807, 2.05) is 0 Å². The molecule has 0 bridgehead atoms. The molecule has 0 aliphatic carbocycles. The van der Waals surface area contributed by atoms with E-state index in [0.29, 0.717) is 25.4 Å². The van der Waals surface area contributed by atoms with Crippen LogP contribution in [0, 0.1) is 13.8 Å². The molecule has 6 heteroatoms. The Morgan fingerprint density at radius 2 is 1.00 bits per heavy atom.